The van der Waals surface area contributed by atoms with Gasteiger partial charge in [-0.05, 0) is 30.9 Å². The van der Waals surface area contributed by atoms with Gasteiger partial charge in [-0.3, -0.25) is 10.4 Å². The molecule has 4 nitrogen and oxygen atoms in total. The van der Waals surface area contributed by atoms with E-state index >= 15 is 0 Å². The minimum Gasteiger partial charge on any atom is -0.353 e. The topological polar surface area (TPSA) is 62.4 Å². The Hall–Kier alpha value is -0.420. The second kappa shape index (κ2) is 7.82. The number of hydrogen-bond donors (Lipinski definition) is 3. The van der Waals surface area contributed by atoms with Gasteiger partial charge in [0.1, 0.15) is 0 Å². The van der Waals surface area contributed by atoms with Crippen molar-refractivity contribution in [3.63, 3.8) is 0 Å². The van der Waals surface area contributed by atoms with Crippen LogP contribution in [-0.2, 0) is 0 Å². The Morgan fingerprint density at radius 3 is 2.82 bits per heavy atom. The number of nitrogens with zero attached hydrogens (tertiary/aromatic N) is 1. The van der Waals surface area contributed by atoms with E-state index in [0.29, 0.717) is 12.0 Å². The van der Waals surface area contributed by atoms with Gasteiger partial charge in [0, 0.05) is 17.8 Å². The van der Waals surface area contributed by atoms with Gasteiger partial charge in [0.05, 0.1) is 0 Å². The molecule has 2 atom stereocenters. The highest BCUT2D eigenvalue weighted by atomic mass is 32.2. The van der Waals surface area contributed by atoms with Crippen molar-refractivity contribution in [2.75, 3.05) is 12.3 Å². The summed E-state index contributed by atoms with van der Waals surface area (Å²) in [5.41, 5.74) is 2.66. The summed E-state index contributed by atoms with van der Waals surface area (Å²) in [6, 6.07) is 0.529. The molecule has 1 aliphatic rings. The van der Waals surface area contributed by atoms with Gasteiger partial charge in [-0.15, -0.1) is 0 Å². The molecule has 5 heteroatoms. The van der Waals surface area contributed by atoms with Gasteiger partial charge in [-0.2, -0.15) is 11.8 Å². The maximum absolute atomic E-state index is 5.48. The molecule has 1 fully saturated rings. The summed E-state index contributed by atoms with van der Waals surface area (Å²) in [7, 11) is 0. The lowest BCUT2D eigenvalue weighted by Gasteiger charge is -2.16. The van der Waals surface area contributed by atoms with Crippen LogP contribution >= 0.6 is 11.8 Å². The minimum absolute atomic E-state index is 0.529. The standard InChI is InChI=1S/C12H26N4S/c1-4-17-11-6-5-10(7-11)15-12(16-13)14-8-9(2)3/h9-11H,4-8,13H2,1-3H3,(H2,14,15,16). The molecule has 0 saturated heterocycles. The minimum atomic E-state index is 0.529. The molecule has 0 bridgehead atoms. The molecule has 1 aliphatic carbocycles. The van der Waals surface area contributed by atoms with E-state index in [2.05, 4.69) is 48.3 Å². The lowest BCUT2D eigenvalue weighted by molar-refractivity contribution is 0.605. The zero-order valence-electron chi connectivity index (χ0n) is 11.2. The summed E-state index contributed by atoms with van der Waals surface area (Å²) in [4.78, 5) is 4.44. The Labute approximate surface area is 109 Å². The molecule has 2 unspecified atom stereocenters. The number of rotatable bonds is 5. The van der Waals surface area contributed by atoms with E-state index in [1.165, 1.54) is 25.0 Å². The van der Waals surface area contributed by atoms with Crippen molar-refractivity contribution < 1.29 is 0 Å². The Bertz CT molecular complexity index is 243. The molecule has 0 amide bonds. The summed E-state index contributed by atoms with van der Waals surface area (Å²) in [6.07, 6.45) is 3.75. The largest absolute Gasteiger partial charge is 0.353 e. The van der Waals surface area contributed by atoms with E-state index in [0.717, 1.165) is 17.8 Å². The van der Waals surface area contributed by atoms with Crippen LogP contribution in [-0.4, -0.2) is 29.5 Å². The summed E-state index contributed by atoms with van der Waals surface area (Å²) < 4.78 is 0. The van der Waals surface area contributed by atoms with E-state index in [-0.39, 0.29) is 0 Å². The summed E-state index contributed by atoms with van der Waals surface area (Å²) in [6.45, 7) is 7.34. The highest BCUT2D eigenvalue weighted by Gasteiger charge is 2.24. The fraction of sp³-hybridized carbons (Fsp3) is 0.917. The van der Waals surface area contributed by atoms with Crippen LogP contribution in [0.15, 0.2) is 4.99 Å². The van der Waals surface area contributed by atoms with Crippen LogP contribution in [0, 0.1) is 5.92 Å². The van der Waals surface area contributed by atoms with Gasteiger partial charge in [-0.25, -0.2) is 5.84 Å². The zero-order valence-corrected chi connectivity index (χ0v) is 12.0. The van der Waals surface area contributed by atoms with Crippen molar-refractivity contribution in [1.82, 2.24) is 10.7 Å². The highest BCUT2D eigenvalue weighted by Crippen LogP contribution is 2.29. The molecule has 17 heavy (non-hydrogen) atoms. The van der Waals surface area contributed by atoms with E-state index in [1.807, 2.05) is 0 Å². The van der Waals surface area contributed by atoms with Gasteiger partial charge in [0.15, 0.2) is 0 Å². The van der Waals surface area contributed by atoms with Crippen LogP contribution < -0.4 is 16.6 Å². The van der Waals surface area contributed by atoms with Gasteiger partial charge in [-0.1, -0.05) is 20.8 Å². The second-order valence-corrected chi connectivity index (χ2v) is 6.54. The van der Waals surface area contributed by atoms with E-state index in [1.54, 1.807) is 0 Å². The summed E-state index contributed by atoms with van der Waals surface area (Å²) >= 11 is 2.06. The molecule has 0 aromatic rings. The highest BCUT2D eigenvalue weighted by molar-refractivity contribution is 7.99. The van der Waals surface area contributed by atoms with Crippen LogP contribution in [0.25, 0.3) is 0 Å². The lowest BCUT2D eigenvalue weighted by atomic mass is 10.2. The molecule has 1 saturated carbocycles. The fourth-order valence-electron chi connectivity index (χ4n) is 2.06. The maximum Gasteiger partial charge on any atom is 0.205 e. The Kier molecular flexibility index (Phi) is 6.73. The number of thioether (sulfide) groups is 1. The van der Waals surface area contributed by atoms with Gasteiger partial charge < -0.3 is 5.32 Å². The van der Waals surface area contributed by atoms with Crippen LogP contribution in [0.1, 0.15) is 40.0 Å². The molecule has 1 rings (SSSR count). The van der Waals surface area contributed by atoms with Crippen LogP contribution in [0.2, 0.25) is 0 Å². The number of guanidine groups is 1. The third-order valence-electron chi connectivity index (χ3n) is 2.88. The van der Waals surface area contributed by atoms with Gasteiger partial charge >= 0.3 is 0 Å². The third-order valence-corrected chi connectivity index (χ3v) is 4.11. The average Bonchev–Trinajstić information content (AvgIpc) is 2.72. The van der Waals surface area contributed by atoms with Crippen LogP contribution in [0.5, 0.6) is 0 Å². The first kappa shape index (κ1) is 14.6. The summed E-state index contributed by atoms with van der Waals surface area (Å²) in [5, 5.41) is 4.22. The predicted molar refractivity (Wildman–Crippen MR) is 77.2 cm³/mol. The Balaban J connectivity index is 2.34. The summed E-state index contributed by atoms with van der Waals surface area (Å²) in [5.74, 6) is 7.99. The molecule has 0 aromatic carbocycles. The third kappa shape index (κ3) is 5.64. The van der Waals surface area contributed by atoms with Crippen molar-refractivity contribution >= 4 is 17.7 Å². The normalized spacial score (nSPS) is 25.4. The number of nitrogens with one attached hydrogen (secondary N) is 2. The average molecular weight is 258 g/mol. The molecule has 100 valence electrons. The molecule has 0 aromatic heterocycles. The van der Waals surface area contributed by atoms with Crippen molar-refractivity contribution in [1.29, 1.82) is 0 Å². The van der Waals surface area contributed by atoms with Crippen LogP contribution in [0.3, 0.4) is 0 Å². The molecule has 0 aliphatic heterocycles. The molecular weight excluding hydrogens is 232 g/mol. The first-order chi connectivity index (χ1) is 8.15. The number of aliphatic imine (C=N–C) groups is 1. The predicted octanol–water partition coefficient (Wildman–Crippen LogP) is 1.73. The molecule has 0 heterocycles. The molecular formula is C12H26N4S. The number of hydrazine groups is 1. The second-order valence-electron chi connectivity index (χ2n) is 4.96. The van der Waals surface area contributed by atoms with Gasteiger partial charge in [0.25, 0.3) is 0 Å². The van der Waals surface area contributed by atoms with Crippen molar-refractivity contribution in [3.8, 4) is 0 Å². The number of hydrogen-bond acceptors (Lipinski definition) is 3. The molecule has 0 radical (unpaired) electrons. The van der Waals surface area contributed by atoms with Crippen molar-refractivity contribution in [3.05, 3.63) is 0 Å². The van der Waals surface area contributed by atoms with E-state index in [9.17, 15) is 0 Å². The maximum atomic E-state index is 5.48. The number of nitrogens with two attached hydrogens (primary N) is 1. The van der Waals surface area contributed by atoms with Crippen molar-refractivity contribution in [2.24, 2.45) is 16.8 Å². The molecule has 0 spiro atoms. The first-order valence-electron chi connectivity index (χ1n) is 6.54. The van der Waals surface area contributed by atoms with E-state index in [4.69, 9.17) is 5.84 Å². The van der Waals surface area contributed by atoms with Gasteiger partial charge in [0.2, 0.25) is 5.96 Å². The lowest BCUT2D eigenvalue weighted by Crippen LogP contribution is -2.46. The smallest absolute Gasteiger partial charge is 0.205 e. The fourth-order valence-corrected chi connectivity index (χ4v) is 3.20. The Morgan fingerprint density at radius 1 is 1.47 bits per heavy atom. The first-order valence-corrected chi connectivity index (χ1v) is 7.59. The Morgan fingerprint density at radius 2 is 2.24 bits per heavy atom. The quantitative estimate of drug-likeness (QED) is 0.304. The monoisotopic (exact) mass is 258 g/mol. The van der Waals surface area contributed by atoms with E-state index < -0.39 is 0 Å². The zero-order chi connectivity index (χ0) is 12.7. The molecule has 4 N–H and O–H groups in total. The SMILES string of the molecule is CCSC1CCC(NC(=NCC(C)C)NN)C1. The van der Waals surface area contributed by atoms with Crippen molar-refractivity contribution in [2.45, 2.75) is 51.3 Å². The van der Waals surface area contributed by atoms with Crippen LogP contribution in [0.4, 0.5) is 0 Å².